The van der Waals surface area contributed by atoms with Gasteiger partial charge < -0.3 is 15.7 Å². The fourth-order valence-electron chi connectivity index (χ4n) is 1.60. The Morgan fingerprint density at radius 2 is 2.12 bits per heavy atom. The van der Waals surface area contributed by atoms with E-state index in [1.807, 2.05) is 24.1 Å². The number of aliphatic hydroxyl groups excluding tert-OH is 1. The maximum Gasteiger partial charge on any atom is 0.147 e. The maximum absolute atomic E-state index is 8.97. The van der Waals surface area contributed by atoms with Crippen LogP contribution in [0, 0.1) is 0 Å². The normalized spacial score (nSPS) is 10.5. The molecule has 0 spiro atoms. The van der Waals surface area contributed by atoms with Gasteiger partial charge in [0.2, 0.25) is 0 Å². The van der Waals surface area contributed by atoms with Crippen LogP contribution in [0.25, 0.3) is 11.1 Å². The van der Waals surface area contributed by atoms with Crippen LogP contribution in [0.4, 0.5) is 10.8 Å². The molecule has 0 amide bonds. The predicted octanol–water partition coefficient (Wildman–Crippen LogP) is 1.22. The highest BCUT2D eigenvalue weighted by molar-refractivity contribution is 7.11. The number of pyridine rings is 1. The van der Waals surface area contributed by atoms with E-state index in [4.69, 9.17) is 10.8 Å². The third kappa shape index (κ3) is 2.37. The second-order valence-corrected chi connectivity index (χ2v) is 4.38. The van der Waals surface area contributed by atoms with E-state index in [0.717, 1.165) is 16.1 Å². The number of nitrogens with two attached hydrogens (primary N) is 1. The number of nitrogen functional groups attached to an aromatic ring is 1. The summed E-state index contributed by atoms with van der Waals surface area (Å²) in [6, 6.07) is 3.80. The molecular formula is C11H14N4OS. The van der Waals surface area contributed by atoms with Gasteiger partial charge in [-0.2, -0.15) is 4.37 Å². The van der Waals surface area contributed by atoms with Gasteiger partial charge in [-0.25, -0.2) is 0 Å². The van der Waals surface area contributed by atoms with Crippen molar-refractivity contribution in [1.29, 1.82) is 0 Å². The Morgan fingerprint density at radius 3 is 2.76 bits per heavy atom. The van der Waals surface area contributed by atoms with Gasteiger partial charge in [0.05, 0.1) is 12.2 Å². The number of likely N-dealkylation sites (N-methyl/N-ethyl adjacent to an activating group) is 1. The summed E-state index contributed by atoms with van der Waals surface area (Å²) >= 11 is 1.34. The molecule has 2 aromatic rings. The summed E-state index contributed by atoms with van der Waals surface area (Å²) in [7, 11) is 1.91. The van der Waals surface area contributed by atoms with Gasteiger partial charge in [0.15, 0.2) is 0 Å². The van der Waals surface area contributed by atoms with Crippen LogP contribution in [-0.4, -0.2) is 34.7 Å². The molecule has 0 unspecified atom stereocenters. The predicted molar refractivity (Wildman–Crippen MR) is 70.1 cm³/mol. The number of hydrogen-bond acceptors (Lipinski definition) is 6. The molecular weight excluding hydrogens is 236 g/mol. The summed E-state index contributed by atoms with van der Waals surface area (Å²) < 4.78 is 4.17. The Hall–Kier alpha value is -1.66. The zero-order valence-electron chi connectivity index (χ0n) is 9.50. The summed E-state index contributed by atoms with van der Waals surface area (Å²) in [5.74, 6) is 0.515. The van der Waals surface area contributed by atoms with Crippen LogP contribution in [-0.2, 0) is 0 Å². The lowest BCUT2D eigenvalue weighted by Gasteiger charge is -2.17. The summed E-state index contributed by atoms with van der Waals surface area (Å²) in [6.07, 6.45) is 3.45. The summed E-state index contributed by atoms with van der Waals surface area (Å²) in [6.45, 7) is 0.657. The van der Waals surface area contributed by atoms with E-state index < -0.39 is 0 Å². The molecule has 0 bridgehead atoms. The topological polar surface area (TPSA) is 75.3 Å². The minimum absolute atomic E-state index is 0.101. The average Bonchev–Trinajstić information content (AvgIpc) is 2.73. The van der Waals surface area contributed by atoms with Gasteiger partial charge in [-0.3, -0.25) is 4.98 Å². The Kier molecular flexibility index (Phi) is 3.55. The largest absolute Gasteiger partial charge is 0.395 e. The Morgan fingerprint density at radius 1 is 1.41 bits per heavy atom. The molecule has 0 aliphatic rings. The van der Waals surface area contributed by atoms with Crippen LogP contribution in [0.15, 0.2) is 24.5 Å². The van der Waals surface area contributed by atoms with Crippen LogP contribution < -0.4 is 10.6 Å². The van der Waals surface area contributed by atoms with Crippen LogP contribution in [0.3, 0.4) is 0 Å². The molecule has 2 heterocycles. The van der Waals surface area contributed by atoms with Crippen molar-refractivity contribution in [3.05, 3.63) is 24.5 Å². The van der Waals surface area contributed by atoms with Crippen LogP contribution in [0.2, 0.25) is 0 Å². The minimum Gasteiger partial charge on any atom is -0.395 e. The van der Waals surface area contributed by atoms with Crippen LogP contribution >= 0.6 is 11.5 Å². The lowest BCUT2D eigenvalue weighted by Crippen LogP contribution is -2.20. The lowest BCUT2D eigenvalue weighted by molar-refractivity contribution is 0.304. The van der Waals surface area contributed by atoms with E-state index in [9.17, 15) is 0 Å². The zero-order chi connectivity index (χ0) is 12.3. The maximum atomic E-state index is 8.97. The fourth-order valence-corrected chi connectivity index (χ4v) is 2.42. The molecule has 0 saturated carbocycles. The van der Waals surface area contributed by atoms with Crippen molar-refractivity contribution in [1.82, 2.24) is 9.36 Å². The van der Waals surface area contributed by atoms with Gasteiger partial charge in [0, 0.05) is 26.0 Å². The molecule has 0 aliphatic heterocycles. The summed E-state index contributed by atoms with van der Waals surface area (Å²) in [5, 5.41) is 9.93. The molecule has 0 aliphatic carbocycles. The first-order chi connectivity index (χ1) is 8.24. The summed E-state index contributed by atoms with van der Waals surface area (Å²) in [5.41, 5.74) is 7.80. The van der Waals surface area contributed by atoms with E-state index in [-0.39, 0.29) is 6.61 Å². The molecule has 3 N–H and O–H groups in total. The molecule has 17 heavy (non-hydrogen) atoms. The van der Waals surface area contributed by atoms with E-state index in [2.05, 4.69) is 9.36 Å². The third-order valence-corrected chi connectivity index (χ3v) is 3.43. The highest BCUT2D eigenvalue weighted by Gasteiger charge is 2.16. The SMILES string of the molecule is CN(CCO)c1snc(N)c1-c1ccncc1. The van der Waals surface area contributed by atoms with E-state index in [1.54, 1.807) is 12.4 Å². The van der Waals surface area contributed by atoms with Crippen molar-refractivity contribution in [3.63, 3.8) is 0 Å². The summed E-state index contributed by atoms with van der Waals surface area (Å²) in [4.78, 5) is 5.93. The molecule has 0 atom stereocenters. The van der Waals surface area contributed by atoms with Crippen LogP contribution in [0.5, 0.6) is 0 Å². The molecule has 6 heteroatoms. The first kappa shape index (κ1) is 11.8. The van der Waals surface area contributed by atoms with Crippen molar-refractivity contribution in [2.45, 2.75) is 0 Å². The van der Waals surface area contributed by atoms with Crippen molar-refractivity contribution >= 4 is 22.4 Å². The first-order valence-electron chi connectivity index (χ1n) is 5.21. The van der Waals surface area contributed by atoms with Crippen molar-refractivity contribution in [2.24, 2.45) is 0 Å². The van der Waals surface area contributed by atoms with Crippen molar-refractivity contribution < 1.29 is 5.11 Å². The smallest absolute Gasteiger partial charge is 0.147 e. The Labute approximate surface area is 104 Å². The average molecular weight is 250 g/mol. The zero-order valence-corrected chi connectivity index (χ0v) is 10.3. The minimum atomic E-state index is 0.101. The number of anilines is 2. The van der Waals surface area contributed by atoms with Gasteiger partial charge in [0.1, 0.15) is 10.8 Å². The number of hydrogen-bond donors (Lipinski definition) is 2. The highest BCUT2D eigenvalue weighted by atomic mass is 32.1. The second-order valence-electron chi connectivity index (χ2n) is 3.63. The molecule has 0 fully saturated rings. The van der Waals surface area contributed by atoms with Gasteiger partial charge in [-0.15, -0.1) is 0 Å². The Balaban J connectivity index is 2.43. The number of rotatable bonds is 4. The highest BCUT2D eigenvalue weighted by Crippen LogP contribution is 2.38. The van der Waals surface area contributed by atoms with E-state index in [0.29, 0.717) is 12.4 Å². The molecule has 2 rings (SSSR count). The monoisotopic (exact) mass is 250 g/mol. The Bertz CT molecular complexity index is 485. The lowest BCUT2D eigenvalue weighted by atomic mass is 10.1. The fraction of sp³-hybridized carbons (Fsp3) is 0.273. The molecule has 90 valence electrons. The van der Waals surface area contributed by atoms with Crippen molar-refractivity contribution in [3.8, 4) is 11.1 Å². The van der Waals surface area contributed by atoms with Crippen LogP contribution in [0.1, 0.15) is 0 Å². The standard InChI is InChI=1S/C11H14N4OS/c1-15(6-7-16)11-9(10(12)14-17-11)8-2-4-13-5-3-8/h2-5,16H,6-7H2,1H3,(H2,12,14). The quantitative estimate of drug-likeness (QED) is 0.853. The molecule has 0 radical (unpaired) electrons. The molecule has 0 saturated heterocycles. The number of nitrogens with zero attached hydrogens (tertiary/aromatic N) is 3. The number of aromatic nitrogens is 2. The van der Waals surface area contributed by atoms with Crippen molar-refractivity contribution in [2.75, 3.05) is 30.8 Å². The van der Waals surface area contributed by atoms with E-state index in [1.165, 1.54) is 11.5 Å². The second kappa shape index (κ2) is 5.11. The molecule has 0 aromatic carbocycles. The molecule has 2 aromatic heterocycles. The van der Waals surface area contributed by atoms with Gasteiger partial charge in [0.25, 0.3) is 0 Å². The number of aliphatic hydroxyl groups is 1. The van der Waals surface area contributed by atoms with Gasteiger partial charge >= 0.3 is 0 Å². The van der Waals surface area contributed by atoms with E-state index >= 15 is 0 Å². The first-order valence-corrected chi connectivity index (χ1v) is 5.99. The van der Waals surface area contributed by atoms with Gasteiger partial charge in [-0.1, -0.05) is 0 Å². The third-order valence-electron chi connectivity index (χ3n) is 2.45. The molecule has 5 nitrogen and oxygen atoms in total. The van der Waals surface area contributed by atoms with Gasteiger partial charge in [-0.05, 0) is 29.2 Å².